The van der Waals surface area contributed by atoms with Gasteiger partial charge in [-0.25, -0.2) is 5.43 Å². The molecule has 1 heterocycles. The standard InChI is InChI=1S/C8H16N2/c1-4-6-10-8(3,5-2)7-9-10/h4,6,9H,5,7H2,1-3H3/b6-4-. The fourth-order valence-electron chi connectivity index (χ4n) is 1.12. The maximum atomic E-state index is 3.23. The summed E-state index contributed by atoms with van der Waals surface area (Å²) in [7, 11) is 0. The molecule has 1 N–H and O–H groups in total. The summed E-state index contributed by atoms with van der Waals surface area (Å²) in [5.41, 5.74) is 3.60. The molecule has 10 heavy (non-hydrogen) atoms. The van der Waals surface area contributed by atoms with E-state index in [1.165, 1.54) is 6.42 Å². The quantitative estimate of drug-likeness (QED) is 0.625. The maximum absolute atomic E-state index is 3.23. The molecule has 1 rings (SSSR count). The second-order valence-electron chi connectivity index (χ2n) is 3.04. The van der Waals surface area contributed by atoms with Gasteiger partial charge in [-0.15, -0.1) is 0 Å². The van der Waals surface area contributed by atoms with E-state index < -0.39 is 0 Å². The lowest BCUT2D eigenvalue weighted by Gasteiger charge is -2.50. The Morgan fingerprint density at radius 2 is 2.40 bits per heavy atom. The fourth-order valence-corrected chi connectivity index (χ4v) is 1.12. The van der Waals surface area contributed by atoms with E-state index >= 15 is 0 Å². The number of allylic oxidation sites excluding steroid dienone is 1. The van der Waals surface area contributed by atoms with Crippen LogP contribution < -0.4 is 5.43 Å². The van der Waals surface area contributed by atoms with Gasteiger partial charge in [-0.3, -0.25) is 0 Å². The van der Waals surface area contributed by atoms with Gasteiger partial charge in [0.25, 0.3) is 0 Å². The molecule has 0 saturated carbocycles. The van der Waals surface area contributed by atoms with Gasteiger partial charge in [-0.05, 0) is 20.3 Å². The van der Waals surface area contributed by atoms with Crippen molar-refractivity contribution in [1.29, 1.82) is 0 Å². The van der Waals surface area contributed by atoms with Crippen molar-refractivity contribution < 1.29 is 0 Å². The van der Waals surface area contributed by atoms with Crippen molar-refractivity contribution in [3.63, 3.8) is 0 Å². The lowest BCUT2D eigenvalue weighted by molar-refractivity contribution is -0.00789. The van der Waals surface area contributed by atoms with Crippen molar-refractivity contribution in [2.24, 2.45) is 0 Å². The highest BCUT2D eigenvalue weighted by atomic mass is 15.6. The summed E-state index contributed by atoms with van der Waals surface area (Å²) in [6, 6.07) is 0. The normalized spacial score (nSPS) is 32.9. The summed E-state index contributed by atoms with van der Waals surface area (Å²) in [4.78, 5) is 0. The van der Waals surface area contributed by atoms with Gasteiger partial charge in [-0.2, -0.15) is 0 Å². The third kappa shape index (κ3) is 1.03. The molecule has 1 atom stereocenters. The van der Waals surface area contributed by atoms with E-state index in [0.717, 1.165) is 6.54 Å². The van der Waals surface area contributed by atoms with Crippen LogP contribution in [0.1, 0.15) is 27.2 Å². The highest BCUT2D eigenvalue weighted by Gasteiger charge is 2.36. The Labute approximate surface area is 62.9 Å². The zero-order chi connectivity index (χ0) is 7.61. The Kier molecular flexibility index (Phi) is 2.00. The predicted molar refractivity (Wildman–Crippen MR) is 43.4 cm³/mol. The minimum absolute atomic E-state index is 0.368. The van der Waals surface area contributed by atoms with Crippen molar-refractivity contribution in [3.8, 4) is 0 Å². The summed E-state index contributed by atoms with van der Waals surface area (Å²) in [5.74, 6) is 0. The van der Waals surface area contributed by atoms with Crippen LogP contribution in [0, 0.1) is 0 Å². The van der Waals surface area contributed by atoms with E-state index in [4.69, 9.17) is 0 Å². The monoisotopic (exact) mass is 140 g/mol. The molecule has 0 aliphatic carbocycles. The summed E-state index contributed by atoms with van der Waals surface area (Å²) >= 11 is 0. The molecule has 2 heteroatoms. The second-order valence-corrected chi connectivity index (χ2v) is 3.04. The Balaban J connectivity index is 2.49. The van der Waals surface area contributed by atoms with Gasteiger partial charge in [0.15, 0.2) is 0 Å². The first-order valence-corrected chi connectivity index (χ1v) is 3.88. The van der Waals surface area contributed by atoms with Crippen molar-refractivity contribution >= 4 is 0 Å². The van der Waals surface area contributed by atoms with E-state index in [9.17, 15) is 0 Å². The topological polar surface area (TPSA) is 15.3 Å². The van der Waals surface area contributed by atoms with E-state index in [-0.39, 0.29) is 0 Å². The molecule has 0 spiro atoms. The molecule has 1 saturated heterocycles. The van der Waals surface area contributed by atoms with E-state index in [1.54, 1.807) is 0 Å². The Morgan fingerprint density at radius 1 is 1.70 bits per heavy atom. The third-order valence-corrected chi connectivity index (χ3v) is 2.27. The van der Waals surface area contributed by atoms with E-state index in [2.05, 4.69) is 36.6 Å². The van der Waals surface area contributed by atoms with Crippen molar-refractivity contribution in [3.05, 3.63) is 12.3 Å². The zero-order valence-corrected chi connectivity index (χ0v) is 7.02. The highest BCUT2D eigenvalue weighted by molar-refractivity contribution is 4.98. The Morgan fingerprint density at radius 3 is 2.70 bits per heavy atom. The molecule has 0 aromatic heterocycles. The molecular formula is C8H16N2. The molecule has 1 aliphatic heterocycles. The average Bonchev–Trinajstić information content (AvgIpc) is 1.96. The Hall–Kier alpha value is -0.500. The van der Waals surface area contributed by atoms with Gasteiger partial charge < -0.3 is 5.01 Å². The lowest BCUT2D eigenvalue weighted by Crippen LogP contribution is -2.67. The number of hydrogen-bond donors (Lipinski definition) is 1. The molecule has 0 bridgehead atoms. The molecular weight excluding hydrogens is 124 g/mol. The maximum Gasteiger partial charge on any atom is 0.0668 e. The molecule has 1 unspecified atom stereocenters. The minimum atomic E-state index is 0.368. The first-order chi connectivity index (χ1) is 4.73. The third-order valence-electron chi connectivity index (χ3n) is 2.27. The molecule has 58 valence electrons. The number of nitrogens with zero attached hydrogens (tertiary/aromatic N) is 1. The molecule has 0 amide bonds. The van der Waals surface area contributed by atoms with Crippen LogP contribution in [0.25, 0.3) is 0 Å². The van der Waals surface area contributed by atoms with Crippen molar-refractivity contribution in [2.75, 3.05) is 6.54 Å². The number of rotatable bonds is 2. The highest BCUT2D eigenvalue weighted by Crippen LogP contribution is 2.23. The van der Waals surface area contributed by atoms with Gasteiger partial charge >= 0.3 is 0 Å². The van der Waals surface area contributed by atoms with Crippen molar-refractivity contribution in [2.45, 2.75) is 32.7 Å². The van der Waals surface area contributed by atoms with Gasteiger partial charge in [0.05, 0.1) is 5.54 Å². The lowest BCUT2D eigenvalue weighted by atomic mass is 9.95. The van der Waals surface area contributed by atoms with Gasteiger partial charge in [0, 0.05) is 12.7 Å². The van der Waals surface area contributed by atoms with Gasteiger partial charge in [0.1, 0.15) is 0 Å². The van der Waals surface area contributed by atoms with Crippen LogP contribution >= 0.6 is 0 Å². The number of nitrogens with one attached hydrogen (secondary N) is 1. The van der Waals surface area contributed by atoms with E-state index in [1.807, 2.05) is 6.92 Å². The summed E-state index contributed by atoms with van der Waals surface area (Å²) < 4.78 is 0. The van der Waals surface area contributed by atoms with Crippen molar-refractivity contribution in [1.82, 2.24) is 10.4 Å². The van der Waals surface area contributed by atoms with Crippen LogP contribution in [0.5, 0.6) is 0 Å². The molecule has 0 aromatic rings. The van der Waals surface area contributed by atoms with Crippen LogP contribution in [0.4, 0.5) is 0 Å². The van der Waals surface area contributed by atoms with E-state index in [0.29, 0.717) is 5.54 Å². The summed E-state index contributed by atoms with van der Waals surface area (Å²) in [6.07, 6.45) is 5.34. The average molecular weight is 140 g/mol. The summed E-state index contributed by atoms with van der Waals surface area (Å²) in [6.45, 7) is 7.63. The summed E-state index contributed by atoms with van der Waals surface area (Å²) in [5, 5.41) is 2.17. The molecule has 1 aliphatic rings. The number of hydrazine groups is 1. The fraction of sp³-hybridized carbons (Fsp3) is 0.750. The molecule has 2 nitrogen and oxygen atoms in total. The SMILES string of the molecule is C/C=C\N1NCC1(C)CC. The van der Waals surface area contributed by atoms with Gasteiger partial charge in [0.2, 0.25) is 0 Å². The largest absolute Gasteiger partial charge is 0.309 e. The van der Waals surface area contributed by atoms with Crippen LogP contribution in [0.15, 0.2) is 12.3 Å². The smallest absolute Gasteiger partial charge is 0.0668 e. The van der Waals surface area contributed by atoms with Crippen LogP contribution in [-0.4, -0.2) is 17.1 Å². The molecule has 1 fully saturated rings. The first kappa shape index (κ1) is 7.61. The molecule has 0 radical (unpaired) electrons. The molecule has 0 aromatic carbocycles. The number of hydrogen-bond acceptors (Lipinski definition) is 2. The first-order valence-electron chi connectivity index (χ1n) is 3.88. The van der Waals surface area contributed by atoms with Crippen LogP contribution in [-0.2, 0) is 0 Å². The van der Waals surface area contributed by atoms with Crippen LogP contribution in [0.2, 0.25) is 0 Å². The second kappa shape index (κ2) is 2.62. The minimum Gasteiger partial charge on any atom is -0.309 e. The Bertz CT molecular complexity index is 138. The van der Waals surface area contributed by atoms with Crippen LogP contribution in [0.3, 0.4) is 0 Å². The van der Waals surface area contributed by atoms with Gasteiger partial charge in [-0.1, -0.05) is 13.0 Å². The zero-order valence-electron chi connectivity index (χ0n) is 7.02. The predicted octanol–water partition coefficient (Wildman–Crippen LogP) is 1.51.